The number of nitrogens with one attached hydrogen (secondary N) is 1. The first-order valence-corrected chi connectivity index (χ1v) is 6.97. The van der Waals surface area contributed by atoms with Gasteiger partial charge < -0.3 is 15.1 Å². The zero-order valence-corrected chi connectivity index (χ0v) is 10.9. The molecule has 3 N–H and O–H groups in total. The highest BCUT2D eigenvalue weighted by molar-refractivity contribution is 8.00. The number of oxazole rings is 1. The summed E-state index contributed by atoms with van der Waals surface area (Å²) in [5.74, 6) is 0.657. The molecule has 0 saturated carbocycles. The lowest BCUT2D eigenvalue weighted by atomic mass is 10.2. The highest BCUT2D eigenvalue weighted by Crippen LogP contribution is 2.31. The molecule has 0 radical (unpaired) electrons. The van der Waals surface area contributed by atoms with Crippen LogP contribution in [0.1, 0.15) is 6.92 Å². The molecule has 6 heteroatoms. The second kappa shape index (κ2) is 4.28. The number of thioether (sulfide) groups is 1. The van der Waals surface area contributed by atoms with E-state index in [0.717, 1.165) is 24.5 Å². The molecule has 1 aliphatic heterocycles. The van der Waals surface area contributed by atoms with Gasteiger partial charge in [0, 0.05) is 30.2 Å². The Morgan fingerprint density at radius 3 is 3.17 bits per heavy atom. The Morgan fingerprint density at radius 1 is 1.56 bits per heavy atom. The predicted molar refractivity (Wildman–Crippen MR) is 75.4 cm³/mol. The summed E-state index contributed by atoms with van der Waals surface area (Å²) in [5.41, 5.74) is 8.90. The van der Waals surface area contributed by atoms with Crippen LogP contribution in [0.4, 0.5) is 11.4 Å². The van der Waals surface area contributed by atoms with E-state index in [0.29, 0.717) is 22.0 Å². The zero-order valence-electron chi connectivity index (χ0n) is 10.1. The van der Waals surface area contributed by atoms with Crippen molar-refractivity contribution in [3.05, 3.63) is 22.7 Å². The summed E-state index contributed by atoms with van der Waals surface area (Å²) in [6, 6.07) is 3.62. The Hall–Kier alpha value is -1.56. The summed E-state index contributed by atoms with van der Waals surface area (Å²) < 4.78 is 5.00. The molecule has 1 aromatic carbocycles. The van der Waals surface area contributed by atoms with Crippen LogP contribution in [-0.2, 0) is 0 Å². The van der Waals surface area contributed by atoms with E-state index in [-0.39, 0.29) is 0 Å². The molecule has 5 nitrogen and oxygen atoms in total. The van der Waals surface area contributed by atoms with E-state index in [1.54, 1.807) is 6.07 Å². The topological polar surface area (TPSA) is 75.3 Å². The van der Waals surface area contributed by atoms with Gasteiger partial charge in [0.05, 0.1) is 16.9 Å². The highest BCUT2D eigenvalue weighted by Gasteiger charge is 2.19. The van der Waals surface area contributed by atoms with E-state index in [2.05, 4.69) is 16.8 Å². The minimum atomic E-state index is -0.441. The normalized spacial score (nSPS) is 20.5. The lowest BCUT2D eigenvalue weighted by Crippen LogP contribution is -2.37. The van der Waals surface area contributed by atoms with Gasteiger partial charge in [-0.15, -0.1) is 0 Å². The standard InChI is InChI=1S/C12H15N3O2S/c1-7-6-15(2-3-18-7)10-5-9-11(4-8(10)13)17-12(16)14-9/h4-5,7H,2-3,6,13H2,1H3,(H,14,16). The molecule has 2 aromatic rings. The maximum absolute atomic E-state index is 11.2. The molecule has 96 valence electrons. The van der Waals surface area contributed by atoms with Crippen molar-refractivity contribution in [1.82, 2.24) is 4.98 Å². The molecule has 0 spiro atoms. The van der Waals surface area contributed by atoms with Crippen LogP contribution in [0.3, 0.4) is 0 Å². The Kier molecular flexibility index (Phi) is 2.74. The molecular formula is C12H15N3O2S. The first-order valence-electron chi connectivity index (χ1n) is 5.92. The number of nitrogens with zero attached hydrogens (tertiary/aromatic N) is 1. The minimum absolute atomic E-state index is 0.441. The van der Waals surface area contributed by atoms with Crippen LogP contribution >= 0.6 is 11.8 Å². The molecule has 1 fully saturated rings. The van der Waals surface area contributed by atoms with Gasteiger partial charge in [0.1, 0.15) is 0 Å². The van der Waals surface area contributed by atoms with Crippen molar-refractivity contribution in [3.63, 3.8) is 0 Å². The third kappa shape index (κ3) is 1.96. The van der Waals surface area contributed by atoms with E-state index in [1.165, 1.54) is 0 Å². The number of H-pyrrole nitrogens is 1. The second-order valence-electron chi connectivity index (χ2n) is 4.55. The summed E-state index contributed by atoms with van der Waals surface area (Å²) in [5, 5.41) is 0.595. The number of fused-ring (bicyclic) bond motifs is 1. The SMILES string of the molecule is CC1CN(c2cc3[nH]c(=O)oc3cc2N)CCS1. The number of nitrogens with two attached hydrogens (primary N) is 1. The average molecular weight is 265 g/mol. The van der Waals surface area contributed by atoms with Crippen molar-refractivity contribution in [2.75, 3.05) is 29.5 Å². The van der Waals surface area contributed by atoms with Gasteiger partial charge in [0.25, 0.3) is 0 Å². The van der Waals surface area contributed by atoms with Gasteiger partial charge >= 0.3 is 5.76 Å². The predicted octanol–water partition coefficient (Wildman–Crippen LogP) is 1.65. The van der Waals surface area contributed by atoms with Crippen LogP contribution in [0.15, 0.2) is 21.3 Å². The van der Waals surface area contributed by atoms with Crippen LogP contribution < -0.4 is 16.4 Å². The molecule has 1 aliphatic rings. The lowest BCUT2D eigenvalue weighted by Gasteiger charge is -2.33. The molecule has 0 aliphatic carbocycles. The number of benzene rings is 1. The van der Waals surface area contributed by atoms with Crippen LogP contribution in [-0.4, -0.2) is 29.1 Å². The van der Waals surface area contributed by atoms with Crippen LogP contribution in [0.25, 0.3) is 11.1 Å². The van der Waals surface area contributed by atoms with Gasteiger partial charge in [-0.2, -0.15) is 11.8 Å². The van der Waals surface area contributed by atoms with Crippen molar-refractivity contribution >= 4 is 34.2 Å². The maximum Gasteiger partial charge on any atom is 0.417 e. The molecule has 1 unspecified atom stereocenters. The minimum Gasteiger partial charge on any atom is -0.408 e. The third-order valence-electron chi connectivity index (χ3n) is 3.15. The van der Waals surface area contributed by atoms with Crippen LogP contribution in [0.5, 0.6) is 0 Å². The number of aromatic amines is 1. The van der Waals surface area contributed by atoms with E-state index in [9.17, 15) is 4.79 Å². The molecule has 0 bridgehead atoms. The van der Waals surface area contributed by atoms with Gasteiger partial charge in [-0.3, -0.25) is 4.98 Å². The molecule has 0 amide bonds. The Balaban J connectivity index is 2.04. The number of rotatable bonds is 1. The van der Waals surface area contributed by atoms with E-state index in [1.807, 2.05) is 17.8 Å². The van der Waals surface area contributed by atoms with Crippen molar-refractivity contribution < 1.29 is 4.42 Å². The van der Waals surface area contributed by atoms with Gasteiger partial charge in [-0.05, 0) is 6.07 Å². The van der Waals surface area contributed by atoms with E-state index in [4.69, 9.17) is 10.2 Å². The Morgan fingerprint density at radius 2 is 2.39 bits per heavy atom. The lowest BCUT2D eigenvalue weighted by molar-refractivity contribution is 0.555. The van der Waals surface area contributed by atoms with Gasteiger partial charge in [-0.25, -0.2) is 4.79 Å². The molecule has 18 heavy (non-hydrogen) atoms. The fourth-order valence-electron chi connectivity index (χ4n) is 2.31. The largest absolute Gasteiger partial charge is 0.417 e. The van der Waals surface area contributed by atoms with Crippen molar-refractivity contribution in [1.29, 1.82) is 0 Å². The highest BCUT2D eigenvalue weighted by atomic mass is 32.2. The number of aromatic nitrogens is 1. The number of anilines is 2. The van der Waals surface area contributed by atoms with Crippen LogP contribution in [0, 0.1) is 0 Å². The van der Waals surface area contributed by atoms with Crippen LogP contribution in [0.2, 0.25) is 0 Å². The van der Waals surface area contributed by atoms with Gasteiger partial charge in [0.2, 0.25) is 0 Å². The average Bonchev–Trinajstić information content (AvgIpc) is 2.67. The first-order chi connectivity index (χ1) is 8.63. The fourth-order valence-corrected chi connectivity index (χ4v) is 3.33. The summed E-state index contributed by atoms with van der Waals surface area (Å²) in [7, 11) is 0. The fraction of sp³-hybridized carbons (Fsp3) is 0.417. The summed E-state index contributed by atoms with van der Waals surface area (Å²) >= 11 is 1.97. The number of hydrogen-bond acceptors (Lipinski definition) is 5. The molecule has 1 aromatic heterocycles. The van der Waals surface area contributed by atoms with Crippen molar-refractivity contribution in [2.45, 2.75) is 12.2 Å². The second-order valence-corrected chi connectivity index (χ2v) is 6.10. The maximum atomic E-state index is 11.2. The quantitative estimate of drug-likeness (QED) is 0.767. The summed E-state index contributed by atoms with van der Waals surface area (Å²) in [6.45, 7) is 4.17. The van der Waals surface area contributed by atoms with E-state index < -0.39 is 5.76 Å². The zero-order chi connectivity index (χ0) is 12.7. The van der Waals surface area contributed by atoms with E-state index >= 15 is 0 Å². The Bertz CT molecular complexity index is 634. The number of hydrogen-bond donors (Lipinski definition) is 2. The molecule has 2 heterocycles. The van der Waals surface area contributed by atoms with Crippen molar-refractivity contribution in [2.24, 2.45) is 0 Å². The van der Waals surface area contributed by atoms with Gasteiger partial charge in [0.15, 0.2) is 5.58 Å². The smallest absolute Gasteiger partial charge is 0.408 e. The third-order valence-corrected chi connectivity index (χ3v) is 4.29. The number of nitrogen functional groups attached to an aromatic ring is 1. The molecule has 3 rings (SSSR count). The summed E-state index contributed by atoms with van der Waals surface area (Å²) in [4.78, 5) is 16.1. The molecule has 1 atom stereocenters. The first kappa shape index (κ1) is 11.5. The van der Waals surface area contributed by atoms with Crippen molar-refractivity contribution in [3.8, 4) is 0 Å². The Labute approximate surface area is 108 Å². The monoisotopic (exact) mass is 265 g/mol. The summed E-state index contributed by atoms with van der Waals surface area (Å²) in [6.07, 6.45) is 0. The van der Waals surface area contributed by atoms with Gasteiger partial charge in [-0.1, -0.05) is 6.92 Å². The molecule has 1 saturated heterocycles. The molecular weight excluding hydrogens is 250 g/mol.